The maximum atomic E-state index is 6.15. The van der Waals surface area contributed by atoms with E-state index in [1.54, 1.807) is 41.3 Å². The van der Waals surface area contributed by atoms with E-state index in [-0.39, 0.29) is 6.61 Å². The molecule has 0 fully saturated rings. The highest BCUT2D eigenvalue weighted by Crippen LogP contribution is 2.29. The fourth-order valence-corrected chi connectivity index (χ4v) is 4.96. The predicted octanol–water partition coefficient (Wildman–Crippen LogP) is 6.43. The molecule has 0 aliphatic carbocycles. The van der Waals surface area contributed by atoms with Crippen LogP contribution >= 0.6 is 46.3 Å². The van der Waals surface area contributed by atoms with Gasteiger partial charge in [0.1, 0.15) is 17.4 Å². The van der Waals surface area contributed by atoms with E-state index in [1.165, 1.54) is 5.56 Å². The molecule has 0 N–H and O–H groups in total. The quantitative estimate of drug-likeness (QED) is 0.287. The van der Waals surface area contributed by atoms with Crippen molar-refractivity contribution in [1.82, 2.24) is 19.7 Å². The number of aryl methyl sites for hydroxylation is 1. The number of thiazole rings is 1. The molecule has 0 unspecified atom stereocenters. The average Bonchev–Trinajstić information content (AvgIpc) is 3.33. The highest BCUT2D eigenvalue weighted by atomic mass is 35.5. The lowest BCUT2D eigenvalue weighted by molar-refractivity contribution is 0.290. The Morgan fingerprint density at radius 3 is 2.80 bits per heavy atom. The fraction of sp³-hybridized carbons (Fsp3) is 0.190. The van der Waals surface area contributed by atoms with Crippen LogP contribution in [0.3, 0.4) is 0 Å². The van der Waals surface area contributed by atoms with E-state index in [1.807, 2.05) is 11.6 Å². The second-order valence-electron chi connectivity index (χ2n) is 6.62. The van der Waals surface area contributed by atoms with Crippen molar-refractivity contribution in [2.75, 3.05) is 0 Å². The number of benzene rings is 2. The fourth-order valence-electron chi connectivity index (χ4n) is 2.75. The number of ether oxygens (including phenoxy) is 1. The summed E-state index contributed by atoms with van der Waals surface area (Å²) >= 11 is 15.3. The van der Waals surface area contributed by atoms with Gasteiger partial charge in [0.05, 0.1) is 10.7 Å². The molecule has 2 heterocycles. The van der Waals surface area contributed by atoms with Gasteiger partial charge < -0.3 is 9.30 Å². The third kappa shape index (κ3) is 4.98. The number of hydrogen-bond acceptors (Lipinski definition) is 6. The Hall–Kier alpha value is -2.06. The van der Waals surface area contributed by atoms with Crippen LogP contribution in [0.1, 0.15) is 17.1 Å². The van der Waals surface area contributed by atoms with Crippen LogP contribution in [0.4, 0.5) is 0 Å². The molecule has 9 heteroatoms. The van der Waals surface area contributed by atoms with Crippen LogP contribution in [0.25, 0.3) is 10.6 Å². The van der Waals surface area contributed by atoms with Crippen molar-refractivity contribution in [3.8, 4) is 16.3 Å². The molecule has 0 amide bonds. The Morgan fingerprint density at radius 2 is 2.00 bits per heavy atom. The highest BCUT2D eigenvalue weighted by molar-refractivity contribution is 7.98. The molecule has 0 bridgehead atoms. The Kier molecular flexibility index (Phi) is 6.63. The zero-order chi connectivity index (χ0) is 21.1. The highest BCUT2D eigenvalue weighted by Gasteiger charge is 2.13. The lowest BCUT2D eigenvalue weighted by Gasteiger charge is -2.08. The molecule has 30 heavy (non-hydrogen) atoms. The molecule has 4 rings (SSSR count). The van der Waals surface area contributed by atoms with Crippen molar-refractivity contribution in [3.05, 3.63) is 75.0 Å². The molecule has 0 saturated carbocycles. The van der Waals surface area contributed by atoms with Crippen LogP contribution in [-0.2, 0) is 19.4 Å². The first-order valence-electron chi connectivity index (χ1n) is 9.10. The SMILES string of the molecule is Cc1cccc(-c2nc(CSc3nnc(COc4ccc(Cl)cc4Cl)n3C)cs2)c1. The number of hydrogen-bond donors (Lipinski definition) is 0. The zero-order valence-corrected chi connectivity index (χ0v) is 19.4. The molecule has 4 aromatic rings. The number of halogens is 2. The summed E-state index contributed by atoms with van der Waals surface area (Å²) in [5, 5.41) is 13.5. The predicted molar refractivity (Wildman–Crippen MR) is 124 cm³/mol. The van der Waals surface area contributed by atoms with Crippen LogP contribution in [0, 0.1) is 6.92 Å². The summed E-state index contributed by atoms with van der Waals surface area (Å²) in [6, 6.07) is 13.5. The van der Waals surface area contributed by atoms with Crippen LogP contribution in [0.2, 0.25) is 10.0 Å². The number of nitrogens with zero attached hydrogens (tertiary/aromatic N) is 4. The summed E-state index contributed by atoms with van der Waals surface area (Å²) in [6.45, 7) is 2.35. The third-order valence-corrected chi connectivity index (χ3v) is 6.87. The number of aromatic nitrogens is 4. The monoisotopic (exact) mass is 476 g/mol. The van der Waals surface area contributed by atoms with Gasteiger partial charge in [0, 0.05) is 28.8 Å². The second-order valence-corrected chi connectivity index (χ2v) is 9.27. The average molecular weight is 477 g/mol. The van der Waals surface area contributed by atoms with Gasteiger partial charge in [-0.15, -0.1) is 21.5 Å². The molecular weight excluding hydrogens is 459 g/mol. The molecule has 2 aromatic heterocycles. The minimum absolute atomic E-state index is 0.264. The normalized spacial score (nSPS) is 11.1. The molecule has 0 saturated heterocycles. The standard InChI is InChI=1S/C21H18Cl2N4OS2/c1-13-4-3-5-14(8-13)20-24-16(11-29-20)12-30-21-26-25-19(27(21)2)10-28-18-7-6-15(22)9-17(18)23/h3-9,11H,10,12H2,1-2H3. The molecule has 5 nitrogen and oxygen atoms in total. The Bertz CT molecular complexity index is 1180. The van der Waals surface area contributed by atoms with Crippen molar-refractivity contribution in [2.24, 2.45) is 7.05 Å². The van der Waals surface area contributed by atoms with Gasteiger partial charge >= 0.3 is 0 Å². The number of thioether (sulfide) groups is 1. The molecular formula is C21H18Cl2N4OS2. The molecule has 0 aliphatic rings. The smallest absolute Gasteiger partial charge is 0.191 e. The van der Waals surface area contributed by atoms with E-state index in [9.17, 15) is 0 Å². The summed E-state index contributed by atoms with van der Waals surface area (Å²) in [5.74, 6) is 1.99. The second kappa shape index (κ2) is 9.39. The molecule has 154 valence electrons. The van der Waals surface area contributed by atoms with Crippen LogP contribution < -0.4 is 4.74 Å². The first-order chi connectivity index (χ1) is 14.5. The van der Waals surface area contributed by atoms with Crippen molar-refractivity contribution >= 4 is 46.3 Å². The van der Waals surface area contributed by atoms with Gasteiger partial charge in [-0.25, -0.2) is 4.98 Å². The van der Waals surface area contributed by atoms with E-state index in [0.29, 0.717) is 21.6 Å². The van der Waals surface area contributed by atoms with E-state index in [0.717, 1.165) is 27.2 Å². The Balaban J connectivity index is 1.37. The van der Waals surface area contributed by atoms with Gasteiger partial charge in [0.2, 0.25) is 0 Å². The maximum absolute atomic E-state index is 6.15. The van der Waals surface area contributed by atoms with Crippen molar-refractivity contribution in [1.29, 1.82) is 0 Å². The van der Waals surface area contributed by atoms with Gasteiger partial charge in [-0.2, -0.15) is 0 Å². The van der Waals surface area contributed by atoms with Crippen molar-refractivity contribution in [2.45, 2.75) is 24.4 Å². The van der Waals surface area contributed by atoms with Gasteiger partial charge in [-0.1, -0.05) is 58.7 Å². The summed E-state index contributed by atoms with van der Waals surface area (Å²) in [4.78, 5) is 4.76. The van der Waals surface area contributed by atoms with E-state index < -0.39 is 0 Å². The van der Waals surface area contributed by atoms with E-state index in [2.05, 4.69) is 46.8 Å². The van der Waals surface area contributed by atoms with Crippen molar-refractivity contribution in [3.63, 3.8) is 0 Å². The Morgan fingerprint density at radius 1 is 1.13 bits per heavy atom. The van der Waals surface area contributed by atoms with Gasteiger partial charge in [-0.3, -0.25) is 0 Å². The lowest BCUT2D eigenvalue weighted by Crippen LogP contribution is -2.04. The van der Waals surface area contributed by atoms with Crippen molar-refractivity contribution < 1.29 is 4.74 Å². The zero-order valence-electron chi connectivity index (χ0n) is 16.3. The molecule has 0 spiro atoms. The van der Waals surface area contributed by atoms with Crippen LogP contribution in [0.15, 0.2) is 53.0 Å². The number of rotatable bonds is 7. The maximum Gasteiger partial charge on any atom is 0.191 e. The molecule has 0 radical (unpaired) electrons. The summed E-state index contributed by atoms with van der Waals surface area (Å²) in [6.07, 6.45) is 0. The molecule has 0 aliphatic heterocycles. The third-order valence-electron chi connectivity index (χ3n) is 4.34. The van der Waals surface area contributed by atoms with E-state index >= 15 is 0 Å². The summed E-state index contributed by atoms with van der Waals surface area (Å²) < 4.78 is 7.68. The summed E-state index contributed by atoms with van der Waals surface area (Å²) in [5.41, 5.74) is 3.40. The molecule has 0 atom stereocenters. The Labute approximate surface area is 193 Å². The van der Waals surface area contributed by atoms with Gasteiger partial charge in [-0.05, 0) is 31.2 Å². The minimum Gasteiger partial charge on any atom is -0.484 e. The van der Waals surface area contributed by atoms with Gasteiger partial charge in [0.25, 0.3) is 0 Å². The summed E-state index contributed by atoms with van der Waals surface area (Å²) in [7, 11) is 1.92. The lowest BCUT2D eigenvalue weighted by atomic mass is 10.1. The van der Waals surface area contributed by atoms with Crippen LogP contribution in [-0.4, -0.2) is 19.7 Å². The molecule has 2 aromatic carbocycles. The van der Waals surface area contributed by atoms with Crippen LogP contribution in [0.5, 0.6) is 5.75 Å². The minimum atomic E-state index is 0.264. The first kappa shape index (κ1) is 21.2. The first-order valence-corrected chi connectivity index (χ1v) is 11.7. The topological polar surface area (TPSA) is 52.8 Å². The largest absolute Gasteiger partial charge is 0.484 e. The van der Waals surface area contributed by atoms with E-state index in [4.69, 9.17) is 32.9 Å². The van der Waals surface area contributed by atoms with Gasteiger partial charge in [0.15, 0.2) is 11.0 Å².